The standard InChI is InChI=1S/C18H26N4O3/c1-11(2)15-21-16(25-22-15)13-6-8-14(9-7-13)20-17(23)19-10-18(5,24)12(3)4/h6-9,11-12,24H,10H2,1-5H3,(H2,19,20,23). The molecule has 2 rings (SSSR count). The van der Waals surface area contributed by atoms with Crippen molar-refractivity contribution in [3.8, 4) is 11.5 Å². The molecule has 1 unspecified atom stereocenters. The normalized spacial score (nSPS) is 13.8. The highest BCUT2D eigenvalue weighted by atomic mass is 16.5. The molecular weight excluding hydrogens is 320 g/mol. The number of nitrogens with zero attached hydrogens (tertiary/aromatic N) is 2. The van der Waals surface area contributed by atoms with Gasteiger partial charge in [-0.1, -0.05) is 32.9 Å². The third-order valence-corrected chi connectivity index (χ3v) is 4.20. The number of anilines is 1. The summed E-state index contributed by atoms with van der Waals surface area (Å²) >= 11 is 0. The summed E-state index contributed by atoms with van der Waals surface area (Å²) in [5.41, 5.74) is 0.468. The van der Waals surface area contributed by atoms with Gasteiger partial charge < -0.3 is 20.3 Å². The second kappa shape index (κ2) is 7.65. The van der Waals surface area contributed by atoms with Crippen LogP contribution in [0.4, 0.5) is 10.5 Å². The van der Waals surface area contributed by atoms with E-state index in [9.17, 15) is 9.90 Å². The third-order valence-electron chi connectivity index (χ3n) is 4.20. The Morgan fingerprint density at radius 2 is 1.88 bits per heavy atom. The van der Waals surface area contributed by atoms with Crippen molar-refractivity contribution < 1.29 is 14.4 Å². The predicted molar refractivity (Wildman–Crippen MR) is 96.3 cm³/mol. The molecule has 0 saturated heterocycles. The Labute approximate surface area is 147 Å². The predicted octanol–water partition coefficient (Wildman–Crippen LogP) is 3.39. The van der Waals surface area contributed by atoms with Gasteiger partial charge in [0.1, 0.15) is 0 Å². The largest absolute Gasteiger partial charge is 0.388 e. The Kier molecular flexibility index (Phi) is 5.79. The number of urea groups is 1. The van der Waals surface area contributed by atoms with Crippen LogP contribution in [0.3, 0.4) is 0 Å². The highest BCUT2D eigenvalue weighted by Crippen LogP contribution is 2.22. The van der Waals surface area contributed by atoms with Crippen LogP contribution in [0, 0.1) is 5.92 Å². The lowest BCUT2D eigenvalue weighted by Gasteiger charge is -2.27. The third kappa shape index (κ3) is 5.03. The highest BCUT2D eigenvalue weighted by Gasteiger charge is 2.25. The zero-order valence-corrected chi connectivity index (χ0v) is 15.3. The molecule has 0 saturated carbocycles. The van der Waals surface area contributed by atoms with Gasteiger partial charge in [0.15, 0.2) is 5.82 Å². The maximum atomic E-state index is 11.9. The number of aliphatic hydroxyl groups is 1. The Bertz CT molecular complexity index is 705. The van der Waals surface area contributed by atoms with E-state index in [1.807, 2.05) is 27.7 Å². The van der Waals surface area contributed by atoms with Crippen molar-refractivity contribution >= 4 is 11.7 Å². The van der Waals surface area contributed by atoms with Gasteiger partial charge in [-0.05, 0) is 37.1 Å². The summed E-state index contributed by atoms with van der Waals surface area (Å²) in [5, 5.41) is 19.5. The molecule has 3 N–H and O–H groups in total. The Balaban J connectivity index is 1.94. The average Bonchev–Trinajstić information content (AvgIpc) is 3.04. The number of hydrogen-bond acceptors (Lipinski definition) is 5. The molecule has 0 fully saturated rings. The van der Waals surface area contributed by atoms with Crippen LogP contribution >= 0.6 is 0 Å². The molecule has 0 spiro atoms. The van der Waals surface area contributed by atoms with Crippen LogP contribution in [-0.4, -0.2) is 33.4 Å². The van der Waals surface area contributed by atoms with Gasteiger partial charge in [0.05, 0.1) is 5.60 Å². The lowest BCUT2D eigenvalue weighted by atomic mass is 9.93. The number of aromatic nitrogens is 2. The van der Waals surface area contributed by atoms with Crippen molar-refractivity contribution in [2.24, 2.45) is 5.92 Å². The lowest BCUT2D eigenvalue weighted by Crippen LogP contribution is -2.45. The molecule has 0 radical (unpaired) electrons. The molecule has 7 heteroatoms. The monoisotopic (exact) mass is 346 g/mol. The molecule has 0 aliphatic heterocycles. The first-order chi connectivity index (χ1) is 11.7. The minimum Gasteiger partial charge on any atom is -0.388 e. The quantitative estimate of drug-likeness (QED) is 0.744. The molecule has 136 valence electrons. The van der Waals surface area contributed by atoms with Gasteiger partial charge in [-0.25, -0.2) is 4.79 Å². The summed E-state index contributed by atoms with van der Waals surface area (Å²) < 4.78 is 5.24. The van der Waals surface area contributed by atoms with Crippen molar-refractivity contribution in [1.29, 1.82) is 0 Å². The minimum atomic E-state index is -0.951. The fourth-order valence-electron chi connectivity index (χ4n) is 1.92. The number of nitrogens with one attached hydrogen (secondary N) is 2. The first-order valence-electron chi connectivity index (χ1n) is 8.40. The van der Waals surface area contributed by atoms with Crippen LogP contribution in [-0.2, 0) is 0 Å². The van der Waals surface area contributed by atoms with Crippen LogP contribution in [0.1, 0.15) is 46.4 Å². The molecule has 2 amide bonds. The van der Waals surface area contributed by atoms with E-state index in [0.717, 1.165) is 5.56 Å². The van der Waals surface area contributed by atoms with Crippen molar-refractivity contribution in [2.45, 2.75) is 46.1 Å². The summed E-state index contributed by atoms with van der Waals surface area (Å²) in [7, 11) is 0. The molecule has 7 nitrogen and oxygen atoms in total. The maximum Gasteiger partial charge on any atom is 0.319 e. The maximum absolute atomic E-state index is 11.9. The van der Waals surface area contributed by atoms with E-state index in [2.05, 4.69) is 20.8 Å². The molecule has 0 aliphatic carbocycles. The van der Waals surface area contributed by atoms with Gasteiger partial charge in [0, 0.05) is 23.7 Å². The number of carbonyl (C=O) groups is 1. The topological polar surface area (TPSA) is 100 Å². The average molecular weight is 346 g/mol. The SMILES string of the molecule is CC(C)c1noc(-c2ccc(NC(=O)NCC(C)(O)C(C)C)cc2)n1. The summed E-state index contributed by atoms with van der Waals surface area (Å²) in [6.45, 7) is 9.67. The van der Waals surface area contributed by atoms with E-state index in [-0.39, 0.29) is 24.4 Å². The van der Waals surface area contributed by atoms with Crippen LogP contribution in [0.15, 0.2) is 28.8 Å². The fourth-order valence-corrected chi connectivity index (χ4v) is 1.92. The molecule has 0 bridgehead atoms. The van der Waals surface area contributed by atoms with Crippen LogP contribution in [0.5, 0.6) is 0 Å². The lowest BCUT2D eigenvalue weighted by molar-refractivity contribution is 0.0170. The second-order valence-corrected chi connectivity index (χ2v) is 7.01. The summed E-state index contributed by atoms with van der Waals surface area (Å²) in [6, 6.07) is 6.76. The van der Waals surface area contributed by atoms with Gasteiger partial charge in [-0.15, -0.1) is 0 Å². The Morgan fingerprint density at radius 1 is 1.24 bits per heavy atom. The fraction of sp³-hybridized carbons (Fsp3) is 0.500. The Hall–Kier alpha value is -2.41. The zero-order chi connectivity index (χ0) is 18.6. The Morgan fingerprint density at radius 3 is 2.40 bits per heavy atom. The van der Waals surface area contributed by atoms with Crippen molar-refractivity contribution in [3.05, 3.63) is 30.1 Å². The van der Waals surface area contributed by atoms with Crippen LogP contribution in [0.2, 0.25) is 0 Å². The van der Waals surface area contributed by atoms with Gasteiger partial charge in [-0.3, -0.25) is 0 Å². The molecule has 1 aromatic carbocycles. The first-order valence-corrected chi connectivity index (χ1v) is 8.40. The van der Waals surface area contributed by atoms with E-state index >= 15 is 0 Å². The summed E-state index contributed by atoms with van der Waals surface area (Å²) in [6.07, 6.45) is 0. The van der Waals surface area contributed by atoms with Gasteiger partial charge in [0.25, 0.3) is 5.89 Å². The van der Waals surface area contributed by atoms with Crippen LogP contribution < -0.4 is 10.6 Å². The number of carbonyl (C=O) groups excluding carboxylic acids is 1. The molecule has 0 aliphatic rings. The van der Waals surface area contributed by atoms with Gasteiger partial charge in [-0.2, -0.15) is 4.98 Å². The van der Waals surface area contributed by atoms with E-state index < -0.39 is 5.60 Å². The molecule has 1 atom stereocenters. The second-order valence-electron chi connectivity index (χ2n) is 7.01. The first kappa shape index (κ1) is 18.9. The van der Waals surface area contributed by atoms with Crippen molar-refractivity contribution in [1.82, 2.24) is 15.5 Å². The summed E-state index contributed by atoms with van der Waals surface area (Å²) in [5.74, 6) is 1.35. The highest BCUT2D eigenvalue weighted by molar-refractivity contribution is 5.89. The molecular formula is C18H26N4O3. The van der Waals surface area contributed by atoms with Crippen molar-refractivity contribution in [3.63, 3.8) is 0 Å². The van der Waals surface area contributed by atoms with Gasteiger partial charge >= 0.3 is 6.03 Å². The molecule has 2 aromatic rings. The zero-order valence-electron chi connectivity index (χ0n) is 15.3. The van der Waals surface area contributed by atoms with Gasteiger partial charge in [0.2, 0.25) is 0 Å². The molecule has 1 aromatic heterocycles. The smallest absolute Gasteiger partial charge is 0.319 e. The van der Waals surface area contributed by atoms with E-state index in [0.29, 0.717) is 17.4 Å². The summed E-state index contributed by atoms with van der Waals surface area (Å²) in [4.78, 5) is 16.3. The number of hydrogen-bond donors (Lipinski definition) is 3. The van der Waals surface area contributed by atoms with Crippen LogP contribution in [0.25, 0.3) is 11.5 Å². The van der Waals surface area contributed by atoms with E-state index in [1.165, 1.54) is 0 Å². The minimum absolute atomic E-state index is 0.0391. The number of benzene rings is 1. The molecule has 25 heavy (non-hydrogen) atoms. The molecule has 1 heterocycles. The number of rotatable bonds is 6. The van der Waals surface area contributed by atoms with E-state index in [1.54, 1.807) is 31.2 Å². The number of amides is 2. The van der Waals surface area contributed by atoms with Crippen molar-refractivity contribution in [2.75, 3.05) is 11.9 Å². The van der Waals surface area contributed by atoms with E-state index in [4.69, 9.17) is 4.52 Å².